The molecular weight excluding hydrogens is 406 g/mol. The van der Waals surface area contributed by atoms with Crippen LogP contribution in [-0.2, 0) is 4.74 Å². The molecule has 7 heteroatoms. The van der Waals surface area contributed by atoms with Gasteiger partial charge >= 0.3 is 0 Å². The smallest absolute Gasteiger partial charge is 0.274 e. The van der Waals surface area contributed by atoms with E-state index < -0.39 is 23.3 Å². The van der Waals surface area contributed by atoms with Gasteiger partial charge in [-0.05, 0) is 57.4 Å². The first-order valence-corrected chi connectivity index (χ1v) is 11.4. The fourth-order valence-corrected chi connectivity index (χ4v) is 5.58. The molecule has 7 nitrogen and oxygen atoms in total. The van der Waals surface area contributed by atoms with Crippen LogP contribution in [-0.4, -0.2) is 68.0 Å². The number of rotatable bonds is 5. The molecule has 2 N–H and O–H groups in total. The Labute approximate surface area is 189 Å². The lowest BCUT2D eigenvalue weighted by molar-refractivity contribution is -0.225. The molecule has 2 bridgehead atoms. The third kappa shape index (κ3) is 4.29. The topological polar surface area (TPSA) is 95.8 Å². The number of hydrogen-bond acceptors (Lipinski definition) is 6. The normalized spacial score (nSPS) is 32.2. The fraction of sp³-hybridized carbons (Fsp3) is 0.560. The monoisotopic (exact) mass is 439 g/mol. The zero-order chi connectivity index (χ0) is 22.9. The van der Waals surface area contributed by atoms with Crippen molar-refractivity contribution in [3.05, 3.63) is 59.7 Å². The van der Waals surface area contributed by atoms with Crippen LogP contribution in [0, 0.1) is 6.92 Å². The van der Waals surface area contributed by atoms with E-state index in [9.17, 15) is 15.0 Å². The van der Waals surface area contributed by atoms with E-state index in [2.05, 4.69) is 22.1 Å². The van der Waals surface area contributed by atoms with Crippen LogP contribution in [0.15, 0.2) is 42.7 Å². The van der Waals surface area contributed by atoms with Gasteiger partial charge in [-0.2, -0.15) is 0 Å². The summed E-state index contributed by atoms with van der Waals surface area (Å²) in [7, 11) is 1.71. The number of benzene rings is 1. The van der Waals surface area contributed by atoms with E-state index in [4.69, 9.17) is 4.74 Å². The molecule has 0 spiro atoms. The van der Waals surface area contributed by atoms with Crippen molar-refractivity contribution in [3.63, 3.8) is 0 Å². The summed E-state index contributed by atoms with van der Waals surface area (Å²) in [6.07, 6.45) is 5.36. The average Bonchev–Trinajstić information content (AvgIpc) is 2.86. The standard InChI is InChI=1S/C25H33N3O4/c1-17-15-27-20(16-26-17)23(31)28(3)21-9-10-25(11-12-29)14-19(18-7-5-4-6-8-18)13-24(2,32-25)22(21)30/h4-8,15-16,19,21-22,29-30H,9-14H2,1-3H3/t19-,21+,22-,24+,25-/m1/s1. The van der Waals surface area contributed by atoms with Crippen LogP contribution in [0.1, 0.15) is 66.7 Å². The van der Waals surface area contributed by atoms with Gasteiger partial charge in [-0.15, -0.1) is 0 Å². The van der Waals surface area contributed by atoms with E-state index in [0.29, 0.717) is 25.7 Å². The maximum absolute atomic E-state index is 13.1. The first-order valence-electron chi connectivity index (χ1n) is 11.4. The Morgan fingerprint density at radius 1 is 1.22 bits per heavy atom. The highest BCUT2D eigenvalue weighted by Gasteiger charge is 2.55. The molecule has 0 unspecified atom stereocenters. The lowest BCUT2D eigenvalue weighted by Gasteiger charge is -2.50. The van der Waals surface area contributed by atoms with Gasteiger partial charge in [0.05, 0.1) is 29.1 Å². The van der Waals surface area contributed by atoms with Gasteiger partial charge in [0.2, 0.25) is 0 Å². The van der Waals surface area contributed by atoms with Crippen LogP contribution in [0.2, 0.25) is 0 Å². The molecule has 2 aliphatic rings. The largest absolute Gasteiger partial charge is 0.396 e. The minimum atomic E-state index is -0.873. The first kappa shape index (κ1) is 22.8. The fourth-order valence-electron chi connectivity index (χ4n) is 5.58. The molecule has 0 radical (unpaired) electrons. The number of nitrogens with zero attached hydrogens (tertiary/aromatic N) is 3. The van der Waals surface area contributed by atoms with Crippen molar-refractivity contribution < 1.29 is 19.7 Å². The highest BCUT2D eigenvalue weighted by atomic mass is 16.5. The van der Waals surface area contributed by atoms with Crippen molar-refractivity contribution >= 4 is 5.91 Å². The lowest BCUT2D eigenvalue weighted by atomic mass is 9.73. The maximum Gasteiger partial charge on any atom is 0.274 e. The number of carbonyl (C=O) groups is 1. The minimum Gasteiger partial charge on any atom is -0.396 e. The molecule has 2 saturated heterocycles. The van der Waals surface area contributed by atoms with E-state index >= 15 is 0 Å². The summed E-state index contributed by atoms with van der Waals surface area (Å²) in [5.74, 6) is -0.0590. The highest BCUT2D eigenvalue weighted by Crippen LogP contribution is 2.51. The molecule has 0 aliphatic carbocycles. The first-order chi connectivity index (χ1) is 15.3. The summed E-state index contributed by atoms with van der Waals surface area (Å²) in [5.41, 5.74) is 0.838. The van der Waals surface area contributed by atoms with Crippen LogP contribution < -0.4 is 0 Å². The zero-order valence-corrected chi connectivity index (χ0v) is 19.1. The number of aliphatic hydroxyl groups excluding tert-OH is 2. The summed E-state index contributed by atoms with van der Waals surface area (Å²) >= 11 is 0. The summed E-state index contributed by atoms with van der Waals surface area (Å²) in [6.45, 7) is 3.79. The van der Waals surface area contributed by atoms with Gasteiger partial charge in [-0.3, -0.25) is 9.78 Å². The van der Waals surface area contributed by atoms with Gasteiger partial charge in [0.25, 0.3) is 5.91 Å². The van der Waals surface area contributed by atoms with Gasteiger partial charge in [0, 0.05) is 19.9 Å². The quantitative estimate of drug-likeness (QED) is 0.744. The van der Waals surface area contributed by atoms with Crippen LogP contribution >= 0.6 is 0 Å². The Morgan fingerprint density at radius 3 is 2.62 bits per heavy atom. The number of hydrogen-bond donors (Lipinski definition) is 2. The summed E-state index contributed by atoms with van der Waals surface area (Å²) in [4.78, 5) is 23.1. The molecule has 1 aromatic heterocycles. The van der Waals surface area contributed by atoms with Gasteiger partial charge in [0.15, 0.2) is 0 Å². The predicted molar refractivity (Wildman–Crippen MR) is 120 cm³/mol. The summed E-state index contributed by atoms with van der Waals surface area (Å²) in [5, 5.41) is 21.4. The second-order valence-corrected chi connectivity index (χ2v) is 9.60. The molecule has 2 aliphatic heterocycles. The van der Waals surface area contributed by atoms with Gasteiger partial charge in [0.1, 0.15) is 11.8 Å². The van der Waals surface area contributed by atoms with E-state index in [1.54, 1.807) is 18.1 Å². The van der Waals surface area contributed by atoms with Crippen molar-refractivity contribution in [1.82, 2.24) is 14.9 Å². The molecule has 2 fully saturated rings. The molecular formula is C25H33N3O4. The Bertz CT molecular complexity index is 938. The third-order valence-corrected chi connectivity index (χ3v) is 7.26. The van der Waals surface area contributed by atoms with Crippen molar-refractivity contribution in [2.24, 2.45) is 0 Å². The number of likely N-dealkylation sites (N-methyl/N-ethyl adjacent to an activating group) is 1. The average molecular weight is 440 g/mol. The van der Waals surface area contributed by atoms with Crippen molar-refractivity contribution in [2.75, 3.05) is 13.7 Å². The molecule has 0 saturated carbocycles. The number of ether oxygens (including phenoxy) is 1. The molecule has 4 rings (SSSR count). The number of carbonyl (C=O) groups excluding carboxylic acids is 1. The molecule has 1 amide bonds. The summed E-state index contributed by atoms with van der Waals surface area (Å²) < 4.78 is 6.63. The van der Waals surface area contributed by atoms with Crippen LogP contribution in [0.4, 0.5) is 0 Å². The maximum atomic E-state index is 13.1. The molecule has 172 valence electrons. The second kappa shape index (κ2) is 8.89. The number of aromatic nitrogens is 2. The van der Waals surface area contributed by atoms with Crippen LogP contribution in [0.5, 0.6) is 0 Å². The second-order valence-electron chi connectivity index (χ2n) is 9.60. The number of amides is 1. The Morgan fingerprint density at radius 2 is 1.97 bits per heavy atom. The minimum absolute atomic E-state index is 0.0199. The zero-order valence-electron chi connectivity index (χ0n) is 19.1. The molecule has 5 atom stereocenters. The Hall–Kier alpha value is -2.35. The molecule has 32 heavy (non-hydrogen) atoms. The van der Waals surface area contributed by atoms with Crippen molar-refractivity contribution in [3.8, 4) is 0 Å². The molecule has 2 aromatic rings. The number of fused-ring (bicyclic) bond motifs is 2. The highest BCUT2D eigenvalue weighted by molar-refractivity contribution is 5.92. The number of aliphatic hydroxyl groups is 2. The van der Waals surface area contributed by atoms with E-state index in [1.807, 2.05) is 32.0 Å². The van der Waals surface area contributed by atoms with Crippen molar-refractivity contribution in [2.45, 2.75) is 75.2 Å². The lowest BCUT2D eigenvalue weighted by Crippen LogP contribution is -2.58. The van der Waals surface area contributed by atoms with E-state index in [-0.39, 0.29) is 24.1 Å². The van der Waals surface area contributed by atoms with E-state index in [0.717, 1.165) is 12.1 Å². The SMILES string of the molecule is Cc1cnc(C(=O)N(C)[C@H]2CC[C@@]3(CCO)C[C@H](c4ccccc4)C[C@](C)(O3)[C@@H]2O)cn1. The molecule has 1 aromatic carbocycles. The Kier molecular flexibility index (Phi) is 6.34. The van der Waals surface area contributed by atoms with Gasteiger partial charge < -0.3 is 19.8 Å². The summed E-state index contributed by atoms with van der Waals surface area (Å²) in [6, 6.07) is 9.88. The predicted octanol–water partition coefficient (Wildman–Crippen LogP) is 2.85. The van der Waals surface area contributed by atoms with Crippen LogP contribution in [0.3, 0.4) is 0 Å². The van der Waals surface area contributed by atoms with Gasteiger partial charge in [-0.1, -0.05) is 30.3 Å². The van der Waals surface area contributed by atoms with Crippen molar-refractivity contribution in [1.29, 1.82) is 0 Å². The molecule has 3 heterocycles. The van der Waals surface area contributed by atoms with Gasteiger partial charge in [-0.25, -0.2) is 4.98 Å². The number of aryl methyl sites for hydroxylation is 1. The van der Waals surface area contributed by atoms with E-state index in [1.165, 1.54) is 11.8 Å². The Balaban J connectivity index is 1.65. The third-order valence-electron chi connectivity index (χ3n) is 7.26. The van der Waals surface area contributed by atoms with Crippen LogP contribution in [0.25, 0.3) is 0 Å².